The normalized spacial score (nSPS) is 22.6. The number of benzene rings is 3. The number of carbonyl (C=O) groups excluding carboxylic acids is 1. The summed E-state index contributed by atoms with van der Waals surface area (Å²) in [6, 6.07) is 16.3. The van der Waals surface area contributed by atoms with Crippen LogP contribution in [0.1, 0.15) is 40.7 Å². The maximum atomic E-state index is 13.4. The predicted molar refractivity (Wildman–Crippen MR) is 134 cm³/mol. The highest BCUT2D eigenvalue weighted by molar-refractivity contribution is 7.92. The molecule has 3 aromatic carbocycles. The number of halogens is 3. The minimum Gasteiger partial charge on any atom is -0.346 e. The van der Waals surface area contributed by atoms with Gasteiger partial charge >= 0.3 is 6.18 Å². The number of rotatable bonds is 7. The quantitative estimate of drug-likeness (QED) is 0.439. The van der Waals surface area contributed by atoms with Gasteiger partial charge in [0, 0.05) is 17.2 Å². The van der Waals surface area contributed by atoms with Gasteiger partial charge in [-0.2, -0.15) is 13.2 Å². The van der Waals surface area contributed by atoms with Crippen molar-refractivity contribution in [3.8, 4) is 0 Å². The number of sulfonamides is 1. The Balaban J connectivity index is 1.40. The van der Waals surface area contributed by atoms with E-state index in [1.54, 1.807) is 0 Å². The Morgan fingerprint density at radius 3 is 1.97 bits per heavy atom. The molecule has 0 atom stereocenters. The largest absolute Gasteiger partial charge is 0.416 e. The molecule has 0 radical (unpaired) electrons. The maximum Gasteiger partial charge on any atom is 0.416 e. The lowest BCUT2D eigenvalue weighted by molar-refractivity contribution is -0.137. The first-order valence-corrected chi connectivity index (χ1v) is 14.9. The first-order chi connectivity index (χ1) is 17.6. The van der Waals surface area contributed by atoms with Crippen molar-refractivity contribution < 1.29 is 34.8 Å². The van der Waals surface area contributed by atoms with Gasteiger partial charge in [0.05, 0.1) is 26.6 Å². The zero-order valence-corrected chi connectivity index (χ0v) is 21.7. The van der Waals surface area contributed by atoms with Gasteiger partial charge in [0.15, 0.2) is 9.84 Å². The van der Waals surface area contributed by atoms with E-state index in [0.717, 1.165) is 42.2 Å². The Bertz CT molecular complexity index is 1620. The number of nitrogens with one attached hydrogen (secondary N) is 2. The summed E-state index contributed by atoms with van der Waals surface area (Å²) >= 11 is 0. The van der Waals surface area contributed by atoms with E-state index in [4.69, 9.17) is 0 Å². The smallest absolute Gasteiger partial charge is 0.346 e. The number of hydrogen-bond donors (Lipinski definition) is 2. The molecule has 12 heteroatoms. The molecule has 2 N–H and O–H groups in total. The summed E-state index contributed by atoms with van der Waals surface area (Å²) in [7, 11) is -7.93. The molecular formula is C26H23F3N2O5S2. The van der Waals surface area contributed by atoms with E-state index >= 15 is 0 Å². The topological polar surface area (TPSA) is 109 Å². The molecule has 0 spiro atoms. The van der Waals surface area contributed by atoms with Crippen molar-refractivity contribution in [2.75, 3.05) is 11.0 Å². The minimum absolute atomic E-state index is 0.0646. The van der Waals surface area contributed by atoms with Crippen LogP contribution in [0.25, 0.3) is 0 Å². The van der Waals surface area contributed by atoms with Gasteiger partial charge in [-0.3, -0.25) is 9.52 Å². The molecule has 7 nitrogen and oxygen atoms in total. The second-order valence-corrected chi connectivity index (χ2v) is 13.7. The fourth-order valence-electron chi connectivity index (χ4n) is 5.39. The molecule has 6 rings (SSSR count). The van der Waals surface area contributed by atoms with E-state index < -0.39 is 48.6 Å². The summed E-state index contributed by atoms with van der Waals surface area (Å²) in [6.45, 7) is 0. The van der Waals surface area contributed by atoms with Crippen molar-refractivity contribution in [1.82, 2.24) is 5.32 Å². The monoisotopic (exact) mass is 564 g/mol. The molecule has 3 saturated carbocycles. The van der Waals surface area contributed by atoms with Crippen molar-refractivity contribution in [3.05, 3.63) is 89.5 Å². The van der Waals surface area contributed by atoms with E-state index in [1.165, 1.54) is 0 Å². The average molecular weight is 565 g/mol. The van der Waals surface area contributed by atoms with Crippen LogP contribution in [0.2, 0.25) is 0 Å². The van der Waals surface area contributed by atoms with Crippen LogP contribution in [0, 0.1) is 0 Å². The average Bonchev–Trinajstić information content (AvgIpc) is 2.79. The molecule has 0 saturated heterocycles. The Labute approximate surface area is 218 Å². The molecule has 0 aliphatic heterocycles. The lowest BCUT2D eigenvalue weighted by atomic mass is 9.37. The predicted octanol–water partition coefficient (Wildman–Crippen LogP) is 4.51. The summed E-state index contributed by atoms with van der Waals surface area (Å²) < 4.78 is 91.8. The van der Waals surface area contributed by atoms with Crippen LogP contribution in [0.5, 0.6) is 0 Å². The molecule has 3 aliphatic rings. The second kappa shape index (κ2) is 8.57. The third-order valence-corrected chi connectivity index (χ3v) is 9.70. The third kappa shape index (κ3) is 4.66. The van der Waals surface area contributed by atoms with E-state index in [0.29, 0.717) is 31.4 Å². The zero-order valence-electron chi connectivity index (χ0n) is 20.0. The van der Waals surface area contributed by atoms with E-state index in [1.807, 2.05) is 30.3 Å². The highest BCUT2D eigenvalue weighted by Gasteiger charge is 2.69. The van der Waals surface area contributed by atoms with Crippen LogP contribution in [0.4, 0.5) is 18.9 Å². The Morgan fingerprint density at radius 1 is 0.842 bits per heavy atom. The van der Waals surface area contributed by atoms with Gasteiger partial charge in [-0.25, -0.2) is 16.8 Å². The summed E-state index contributed by atoms with van der Waals surface area (Å²) in [4.78, 5) is 12.8. The highest BCUT2D eigenvalue weighted by atomic mass is 32.2. The molecule has 3 aliphatic carbocycles. The van der Waals surface area contributed by atoms with Gasteiger partial charge in [0.2, 0.25) is 0 Å². The van der Waals surface area contributed by atoms with Crippen molar-refractivity contribution in [2.24, 2.45) is 0 Å². The van der Waals surface area contributed by atoms with Gasteiger partial charge in [-0.15, -0.1) is 0 Å². The van der Waals surface area contributed by atoms with Gasteiger partial charge in [-0.05, 0) is 67.3 Å². The number of anilines is 1. The second-order valence-electron chi connectivity index (χ2n) is 10.0. The number of hydrogen-bond acceptors (Lipinski definition) is 5. The van der Waals surface area contributed by atoms with Crippen LogP contribution in [-0.2, 0) is 31.5 Å². The van der Waals surface area contributed by atoms with E-state index in [-0.39, 0.29) is 20.9 Å². The molecule has 3 fully saturated rings. The number of amides is 1. The van der Waals surface area contributed by atoms with Crippen LogP contribution < -0.4 is 10.0 Å². The zero-order chi connectivity index (χ0) is 27.6. The highest BCUT2D eigenvalue weighted by Crippen LogP contribution is 2.67. The van der Waals surface area contributed by atoms with Gasteiger partial charge in [0.1, 0.15) is 0 Å². The Hall–Kier alpha value is -3.38. The van der Waals surface area contributed by atoms with Crippen LogP contribution in [0.15, 0.2) is 82.6 Å². The number of alkyl halides is 3. The summed E-state index contributed by atoms with van der Waals surface area (Å²) in [5.74, 6) is -0.817. The lowest BCUT2D eigenvalue weighted by Crippen LogP contribution is -2.76. The minimum atomic E-state index is -4.75. The molecule has 0 unspecified atom stereocenters. The van der Waals surface area contributed by atoms with Crippen LogP contribution in [-0.4, -0.2) is 34.5 Å². The third-order valence-electron chi connectivity index (χ3n) is 7.19. The first-order valence-electron chi connectivity index (χ1n) is 11.5. The van der Waals surface area contributed by atoms with Gasteiger partial charge < -0.3 is 5.32 Å². The summed E-state index contributed by atoms with van der Waals surface area (Å²) in [6.07, 6.45) is -1.86. The Morgan fingerprint density at radius 2 is 1.42 bits per heavy atom. The van der Waals surface area contributed by atoms with Gasteiger partial charge in [-0.1, -0.05) is 30.3 Å². The molecule has 0 heterocycles. The molecule has 2 bridgehead atoms. The SMILES string of the molecule is CS(=O)(=O)c1ccc(S(=O)(=O)Nc2ccc(C(F)(F)F)cc2C(=O)NC23CC(c4ccccc4)(C2)C3)cc1. The van der Waals surface area contributed by atoms with Crippen LogP contribution in [0.3, 0.4) is 0 Å². The molecular weight excluding hydrogens is 541 g/mol. The fraction of sp³-hybridized carbons (Fsp3) is 0.269. The van der Waals surface area contributed by atoms with Crippen molar-refractivity contribution >= 4 is 31.5 Å². The molecule has 1 amide bonds. The molecule has 200 valence electrons. The summed E-state index contributed by atoms with van der Waals surface area (Å²) in [5, 5.41) is 2.83. The van der Waals surface area contributed by atoms with Crippen LogP contribution >= 0.6 is 0 Å². The fourth-order valence-corrected chi connectivity index (χ4v) is 7.10. The van der Waals surface area contributed by atoms with Gasteiger partial charge in [0.25, 0.3) is 15.9 Å². The number of sulfone groups is 1. The first kappa shape index (κ1) is 26.2. The Kier molecular flexibility index (Phi) is 5.91. The maximum absolute atomic E-state index is 13.4. The standard InChI is InChI=1S/C26H23F3N2O5S2/c1-37(33,34)19-8-10-20(11-9-19)38(35,36)31-22-12-7-18(26(27,28)29)13-21(22)23(32)30-25-14-24(15-25,16-25)17-5-3-2-4-6-17/h2-13,31H,14-16H2,1H3,(H,30,32). The van der Waals surface area contributed by atoms with E-state index in [2.05, 4.69) is 10.0 Å². The summed E-state index contributed by atoms with van der Waals surface area (Å²) in [5.41, 5.74) is -1.36. The van der Waals surface area contributed by atoms with E-state index in [9.17, 15) is 34.8 Å². The molecule has 0 aromatic heterocycles. The lowest BCUT2D eigenvalue weighted by Gasteiger charge is -2.71. The number of carbonyl (C=O) groups is 1. The van der Waals surface area contributed by atoms with Crippen molar-refractivity contribution in [2.45, 2.75) is 46.2 Å². The molecule has 38 heavy (non-hydrogen) atoms. The van der Waals surface area contributed by atoms with Crippen molar-refractivity contribution in [1.29, 1.82) is 0 Å². The molecule has 3 aromatic rings. The van der Waals surface area contributed by atoms with Crippen molar-refractivity contribution in [3.63, 3.8) is 0 Å².